The Morgan fingerprint density at radius 2 is 2.00 bits per heavy atom. The lowest BCUT2D eigenvalue weighted by Crippen LogP contribution is -2.31. The second kappa shape index (κ2) is 8.14. The van der Waals surface area contributed by atoms with Gasteiger partial charge in [-0.3, -0.25) is 0 Å². The van der Waals surface area contributed by atoms with Crippen LogP contribution in [0.3, 0.4) is 0 Å². The standard InChI is InChI=1S/C17H25BrIN/c1-3-10-20-17(13-6-4-12(2)5-7-13)15-11-14(19)8-9-16(15)18/h8-9,11-13,17,20H,3-7,10H2,1-2H3. The van der Waals surface area contributed by atoms with Gasteiger partial charge in [-0.2, -0.15) is 0 Å². The lowest BCUT2D eigenvalue weighted by atomic mass is 9.77. The molecule has 1 nitrogen and oxygen atoms in total. The maximum atomic E-state index is 3.80. The average molecular weight is 450 g/mol. The molecule has 1 aliphatic rings. The van der Waals surface area contributed by atoms with E-state index in [4.69, 9.17) is 0 Å². The van der Waals surface area contributed by atoms with Crippen molar-refractivity contribution in [3.8, 4) is 0 Å². The van der Waals surface area contributed by atoms with Crippen molar-refractivity contribution in [2.45, 2.75) is 52.0 Å². The predicted octanol–water partition coefficient (Wildman–Crippen LogP) is 5.92. The molecule has 0 heterocycles. The van der Waals surface area contributed by atoms with Crippen LogP contribution in [0.25, 0.3) is 0 Å². The van der Waals surface area contributed by atoms with E-state index in [1.165, 1.54) is 45.7 Å². The number of nitrogens with one attached hydrogen (secondary N) is 1. The molecule has 0 amide bonds. The van der Waals surface area contributed by atoms with Crippen LogP contribution in [-0.2, 0) is 0 Å². The average Bonchev–Trinajstić information content (AvgIpc) is 2.44. The molecule has 1 aromatic rings. The summed E-state index contributed by atoms with van der Waals surface area (Å²) in [6.45, 7) is 5.75. The Hall–Kier alpha value is 0.390. The molecule has 112 valence electrons. The van der Waals surface area contributed by atoms with Crippen LogP contribution in [0.2, 0.25) is 0 Å². The van der Waals surface area contributed by atoms with Gasteiger partial charge in [-0.1, -0.05) is 42.6 Å². The highest BCUT2D eigenvalue weighted by atomic mass is 127. The summed E-state index contributed by atoms with van der Waals surface area (Å²) in [4.78, 5) is 0. The summed E-state index contributed by atoms with van der Waals surface area (Å²) in [6.07, 6.45) is 6.69. The molecule has 1 N–H and O–H groups in total. The highest BCUT2D eigenvalue weighted by molar-refractivity contribution is 14.1. The monoisotopic (exact) mass is 449 g/mol. The van der Waals surface area contributed by atoms with Crippen LogP contribution in [0.5, 0.6) is 0 Å². The lowest BCUT2D eigenvalue weighted by Gasteiger charge is -2.34. The first kappa shape index (κ1) is 16.8. The van der Waals surface area contributed by atoms with Crippen LogP contribution in [0.15, 0.2) is 22.7 Å². The van der Waals surface area contributed by atoms with Gasteiger partial charge in [-0.05, 0) is 84.0 Å². The van der Waals surface area contributed by atoms with E-state index in [9.17, 15) is 0 Å². The molecular weight excluding hydrogens is 425 g/mol. The molecule has 1 fully saturated rings. The molecule has 1 aliphatic carbocycles. The van der Waals surface area contributed by atoms with Gasteiger partial charge in [0, 0.05) is 14.1 Å². The summed E-state index contributed by atoms with van der Waals surface area (Å²) in [5, 5.41) is 3.80. The Morgan fingerprint density at radius 3 is 2.65 bits per heavy atom. The van der Waals surface area contributed by atoms with Crippen molar-refractivity contribution in [1.29, 1.82) is 0 Å². The van der Waals surface area contributed by atoms with Gasteiger partial charge in [-0.15, -0.1) is 0 Å². The van der Waals surface area contributed by atoms with E-state index in [2.05, 4.69) is 75.9 Å². The molecule has 1 atom stereocenters. The number of hydrogen-bond acceptors (Lipinski definition) is 1. The Balaban J connectivity index is 2.20. The highest BCUT2D eigenvalue weighted by Crippen LogP contribution is 2.39. The third-order valence-electron chi connectivity index (χ3n) is 4.44. The predicted molar refractivity (Wildman–Crippen MR) is 99.0 cm³/mol. The molecule has 0 saturated heterocycles. The third kappa shape index (κ3) is 4.44. The van der Waals surface area contributed by atoms with Crippen molar-refractivity contribution in [2.24, 2.45) is 11.8 Å². The molecule has 0 aliphatic heterocycles. The van der Waals surface area contributed by atoms with Crippen molar-refractivity contribution in [1.82, 2.24) is 5.32 Å². The molecule has 2 rings (SSSR count). The normalized spacial score (nSPS) is 24.6. The molecular formula is C17H25BrIN. The SMILES string of the molecule is CCCNC(c1cc(I)ccc1Br)C1CCC(C)CC1. The van der Waals surface area contributed by atoms with Gasteiger partial charge < -0.3 is 5.32 Å². The fourth-order valence-electron chi connectivity index (χ4n) is 3.20. The zero-order valence-electron chi connectivity index (χ0n) is 12.5. The minimum absolute atomic E-state index is 0.506. The van der Waals surface area contributed by atoms with E-state index in [1.807, 2.05) is 0 Å². The quantitative estimate of drug-likeness (QED) is 0.550. The van der Waals surface area contributed by atoms with Crippen molar-refractivity contribution in [2.75, 3.05) is 6.54 Å². The van der Waals surface area contributed by atoms with Gasteiger partial charge in [0.25, 0.3) is 0 Å². The molecule has 0 aromatic heterocycles. The van der Waals surface area contributed by atoms with Crippen LogP contribution in [0.4, 0.5) is 0 Å². The Kier molecular flexibility index (Phi) is 6.82. The van der Waals surface area contributed by atoms with E-state index < -0.39 is 0 Å². The summed E-state index contributed by atoms with van der Waals surface area (Å²) < 4.78 is 2.58. The number of rotatable bonds is 5. The Labute approximate surface area is 145 Å². The second-order valence-electron chi connectivity index (χ2n) is 6.12. The van der Waals surface area contributed by atoms with Crippen LogP contribution in [-0.4, -0.2) is 6.54 Å². The minimum atomic E-state index is 0.506. The zero-order chi connectivity index (χ0) is 14.5. The van der Waals surface area contributed by atoms with Gasteiger partial charge in [0.15, 0.2) is 0 Å². The van der Waals surface area contributed by atoms with Gasteiger partial charge >= 0.3 is 0 Å². The zero-order valence-corrected chi connectivity index (χ0v) is 16.2. The fourth-order valence-corrected chi connectivity index (χ4v) is 4.21. The molecule has 0 spiro atoms. The number of halogens is 2. The summed E-state index contributed by atoms with van der Waals surface area (Å²) in [5.41, 5.74) is 1.45. The van der Waals surface area contributed by atoms with Crippen molar-refractivity contribution in [3.63, 3.8) is 0 Å². The third-order valence-corrected chi connectivity index (χ3v) is 5.83. The van der Waals surface area contributed by atoms with Gasteiger partial charge in [-0.25, -0.2) is 0 Å². The number of hydrogen-bond donors (Lipinski definition) is 1. The van der Waals surface area contributed by atoms with Gasteiger partial charge in [0.2, 0.25) is 0 Å². The smallest absolute Gasteiger partial charge is 0.0360 e. The topological polar surface area (TPSA) is 12.0 Å². The van der Waals surface area contributed by atoms with Crippen molar-refractivity contribution >= 4 is 38.5 Å². The first-order valence-electron chi connectivity index (χ1n) is 7.80. The molecule has 3 heteroatoms. The largest absolute Gasteiger partial charge is 0.310 e. The highest BCUT2D eigenvalue weighted by Gasteiger charge is 2.28. The number of benzene rings is 1. The van der Waals surface area contributed by atoms with E-state index in [-0.39, 0.29) is 0 Å². The minimum Gasteiger partial charge on any atom is -0.310 e. The van der Waals surface area contributed by atoms with E-state index in [0.29, 0.717) is 6.04 Å². The summed E-state index contributed by atoms with van der Waals surface area (Å²) in [5.74, 6) is 1.70. The maximum absolute atomic E-state index is 3.80. The maximum Gasteiger partial charge on any atom is 0.0360 e. The molecule has 1 aromatic carbocycles. The summed E-state index contributed by atoms with van der Waals surface area (Å²) in [7, 11) is 0. The molecule has 1 saturated carbocycles. The molecule has 0 bridgehead atoms. The summed E-state index contributed by atoms with van der Waals surface area (Å²) >= 11 is 6.18. The first-order valence-corrected chi connectivity index (χ1v) is 9.67. The molecule has 20 heavy (non-hydrogen) atoms. The van der Waals surface area contributed by atoms with Gasteiger partial charge in [0.05, 0.1) is 0 Å². The molecule has 1 unspecified atom stereocenters. The van der Waals surface area contributed by atoms with Crippen molar-refractivity contribution in [3.05, 3.63) is 31.8 Å². The second-order valence-corrected chi connectivity index (χ2v) is 8.22. The van der Waals surface area contributed by atoms with Crippen LogP contribution < -0.4 is 5.32 Å². The van der Waals surface area contributed by atoms with Crippen molar-refractivity contribution < 1.29 is 0 Å². The van der Waals surface area contributed by atoms with Crippen LogP contribution in [0.1, 0.15) is 57.6 Å². The van der Waals surface area contributed by atoms with E-state index in [1.54, 1.807) is 0 Å². The van der Waals surface area contributed by atoms with E-state index in [0.717, 1.165) is 18.4 Å². The van der Waals surface area contributed by atoms with E-state index >= 15 is 0 Å². The Bertz CT molecular complexity index is 427. The summed E-state index contributed by atoms with van der Waals surface area (Å²) in [6, 6.07) is 7.22. The molecule has 0 radical (unpaired) electrons. The Morgan fingerprint density at radius 1 is 1.30 bits per heavy atom. The lowest BCUT2D eigenvalue weighted by molar-refractivity contribution is 0.231. The first-order chi connectivity index (χ1) is 9.61. The fraction of sp³-hybridized carbons (Fsp3) is 0.647. The van der Waals surface area contributed by atoms with Gasteiger partial charge in [0.1, 0.15) is 0 Å². The van der Waals surface area contributed by atoms with Crippen LogP contribution >= 0.6 is 38.5 Å². The van der Waals surface area contributed by atoms with Crippen LogP contribution in [0, 0.1) is 15.4 Å².